The van der Waals surface area contributed by atoms with Crippen LogP contribution in [0.2, 0.25) is 0 Å². The topological polar surface area (TPSA) is 73.3 Å². The molecule has 1 aliphatic rings. The van der Waals surface area contributed by atoms with Crippen LogP contribution in [0.1, 0.15) is 15.9 Å². The molecule has 6 nitrogen and oxygen atoms in total. The number of fused-ring (bicyclic) bond motifs is 1. The number of ether oxygens (including phenoxy) is 2. The van der Waals surface area contributed by atoms with Crippen LogP contribution in [-0.2, 0) is 6.42 Å². The highest BCUT2D eigenvalue weighted by Crippen LogP contribution is 2.32. The van der Waals surface area contributed by atoms with Crippen LogP contribution in [0.25, 0.3) is 11.3 Å². The van der Waals surface area contributed by atoms with Crippen molar-refractivity contribution in [3.05, 3.63) is 53.0 Å². The highest BCUT2D eigenvalue weighted by Gasteiger charge is 2.28. The molecule has 0 fully saturated rings. The van der Waals surface area contributed by atoms with Gasteiger partial charge >= 0.3 is 6.18 Å². The first-order valence-corrected chi connectivity index (χ1v) is 9.44. The van der Waals surface area contributed by atoms with E-state index in [1.807, 2.05) is 23.6 Å². The van der Waals surface area contributed by atoms with Crippen molar-refractivity contribution in [2.45, 2.75) is 12.6 Å². The average Bonchev–Trinajstić information content (AvgIpc) is 3.34. The summed E-state index contributed by atoms with van der Waals surface area (Å²) in [6.45, 7) is -0.770. The molecule has 0 unspecified atom stereocenters. The molecule has 29 heavy (non-hydrogen) atoms. The van der Waals surface area contributed by atoms with Crippen LogP contribution in [0.3, 0.4) is 0 Å². The monoisotopic (exact) mass is 421 g/mol. The van der Waals surface area contributed by atoms with Crippen LogP contribution in [0, 0.1) is 0 Å². The molecule has 1 aromatic carbocycles. The van der Waals surface area contributed by atoms with E-state index in [9.17, 15) is 18.0 Å². The highest BCUT2D eigenvalue weighted by molar-refractivity contribution is 7.14. The Kier molecular flexibility index (Phi) is 5.10. The lowest BCUT2D eigenvalue weighted by atomic mass is 10.1. The van der Waals surface area contributed by atoms with Gasteiger partial charge in [0.1, 0.15) is 5.75 Å². The Hall–Kier alpha value is -3.14. The zero-order valence-corrected chi connectivity index (χ0v) is 15.6. The number of anilines is 1. The molecule has 3 aromatic rings. The Morgan fingerprint density at radius 2 is 2.14 bits per heavy atom. The van der Waals surface area contributed by atoms with Gasteiger partial charge in [0.05, 0.1) is 17.9 Å². The first kappa shape index (κ1) is 19.2. The van der Waals surface area contributed by atoms with Crippen LogP contribution < -0.4 is 14.8 Å². The second-order valence-corrected chi connectivity index (χ2v) is 7.06. The summed E-state index contributed by atoms with van der Waals surface area (Å²) in [7, 11) is 0. The van der Waals surface area contributed by atoms with Crippen molar-refractivity contribution in [2.24, 2.45) is 0 Å². The van der Waals surface area contributed by atoms with Crippen LogP contribution in [-0.4, -0.2) is 35.3 Å². The molecule has 0 bridgehead atoms. The van der Waals surface area contributed by atoms with Crippen molar-refractivity contribution in [1.29, 1.82) is 0 Å². The van der Waals surface area contributed by atoms with Crippen molar-refractivity contribution >= 4 is 22.4 Å². The SMILES string of the molecule is O=C(Nc1nc(-c2ccc3c(c2)CCO3)cs1)c1ccc(OCC(F)(F)F)nc1. The number of nitrogens with zero attached hydrogens (tertiary/aromatic N) is 2. The van der Waals surface area contributed by atoms with E-state index in [0.29, 0.717) is 11.7 Å². The van der Waals surface area contributed by atoms with E-state index in [1.54, 1.807) is 0 Å². The fourth-order valence-electron chi connectivity index (χ4n) is 2.73. The van der Waals surface area contributed by atoms with Crippen LogP contribution in [0.5, 0.6) is 11.6 Å². The van der Waals surface area contributed by atoms with E-state index in [1.165, 1.54) is 23.5 Å². The smallest absolute Gasteiger partial charge is 0.422 e. The number of nitrogens with one attached hydrogen (secondary N) is 1. The van der Waals surface area contributed by atoms with E-state index >= 15 is 0 Å². The van der Waals surface area contributed by atoms with Gasteiger partial charge in [-0.15, -0.1) is 11.3 Å². The lowest BCUT2D eigenvalue weighted by Crippen LogP contribution is -2.19. The normalized spacial score (nSPS) is 12.9. The lowest BCUT2D eigenvalue weighted by Gasteiger charge is -2.08. The van der Waals surface area contributed by atoms with Crippen molar-refractivity contribution < 1.29 is 27.4 Å². The third kappa shape index (κ3) is 4.65. The molecule has 1 amide bonds. The number of halogens is 3. The van der Waals surface area contributed by atoms with Gasteiger partial charge in [-0.05, 0) is 29.8 Å². The number of hydrogen-bond donors (Lipinski definition) is 1. The molecular formula is C19H14F3N3O3S. The fraction of sp³-hybridized carbons (Fsp3) is 0.211. The Morgan fingerprint density at radius 1 is 1.28 bits per heavy atom. The first-order valence-electron chi connectivity index (χ1n) is 8.56. The van der Waals surface area contributed by atoms with Crippen LogP contribution >= 0.6 is 11.3 Å². The van der Waals surface area contributed by atoms with Crippen molar-refractivity contribution in [3.8, 4) is 22.9 Å². The predicted molar refractivity (Wildman–Crippen MR) is 100 cm³/mol. The Bertz CT molecular complexity index is 1040. The first-order chi connectivity index (χ1) is 13.9. The number of carbonyl (C=O) groups is 1. The van der Waals surface area contributed by atoms with Gasteiger partial charge in [-0.1, -0.05) is 0 Å². The minimum absolute atomic E-state index is 0.177. The van der Waals surface area contributed by atoms with Crippen LogP contribution in [0.15, 0.2) is 41.9 Å². The number of carbonyl (C=O) groups excluding carboxylic acids is 1. The van der Waals surface area contributed by atoms with Gasteiger partial charge in [0.15, 0.2) is 11.7 Å². The maximum absolute atomic E-state index is 12.3. The zero-order valence-electron chi connectivity index (χ0n) is 14.8. The summed E-state index contributed by atoms with van der Waals surface area (Å²) < 4.78 is 46.5. The van der Waals surface area contributed by atoms with Gasteiger partial charge in [0, 0.05) is 29.6 Å². The Balaban J connectivity index is 1.40. The summed E-state index contributed by atoms with van der Waals surface area (Å²) in [5, 5.41) is 4.89. The van der Waals surface area contributed by atoms with E-state index in [2.05, 4.69) is 20.0 Å². The average molecular weight is 421 g/mol. The maximum Gasteiger partial charge on any atom is 0.422 e. The molecule has 0 atom stereocenters. The number of amides is 1. The number of thiazole rings is 1. The minimum atomic E-state index is -4.45. The lowest BCUT2D eigenvalue weighted by molar-refractivity contribution is -0.154. The Morgan fingerprint density at radius 3 is 2.90 bits per heavy atom. The van der Waals surface area contributed by atoms with Gasteiger partial charge in [0.25, 0.3) is 5.91 Å². The molecule has 2 aromatic heterocycles. The molecule has 1 N–H and O–H groups in total. The van der Waals surface area contributed by atoms with Gasteiger partial charge in [-0.25, -0.2) is 9.97 Å². The molecule has 0 radical (unpaired) electrons. The summed E-state index contributed by atoms with van der Waals surface area (Å²) in [4.78, 5) is 20.5. The van der Waals surface area contributed by atoms with Crippen molar-refractivity contribution in [2.75, 3.05) is 18.5 Å². The molecule has 10 heteroatoms. The summed E-state index contributed by atoms with van der Waals surface area (Å²) in [6, 6.07) is 8.38. The number of aromatic nitrogens is 2. The quantitative estimate of drug-likeness (QED) is 0.664. The third-order valence-corrected chi connectivity index (χ3v) is 4.85. The van der Waals surface area contributed by atoms with Gasteiger partial charge in [-0.2, -0.15) is 13.2 Å². The zero-order chi connectivity index (χ0) is 20.4. The molecule has 0 saturated carbocycles. The second-order valence-electron chi connectivity index (χ2n) is 6.20. The summed E-state index contributed by atoms with van der Waals surface area (Å²) >= 11 is 1.27. The summed E-state index contributed by atoms with van der Waals surface area (Å²) in [5.41, 5.74) is 2.96. The molecule has 4 rings (SSSR count). The summed E-state index contributed by atoms with van der Waals surface area (Å²) in [6.07, 6.45) is -2.45. The molecule has 150 valence electrons. The molecule has 3 heterocycles. The fourth-order valence-corrected chi connectivity index (χ4v) is 3.45. The second kappa shape index (κ2) is 7.70. The van der Waals surface area contributed by atoms with Crippen molar-refractivity contribution in [1.82, 2.24) is 9.97 Å². The number of rotatable bonds is 5. The largest absolute Gasteiger partial charge is 0.493 e. The molecule has 1 aliphatic heterocycles. The molecular weight excluding hydrogens is 407 g/mol. The van der Waals surface area contributed by atoms with E-state index in [4.69, 9.17) is 4.74 Å². The summed E-state index contributed by atoms with van der Waals surface area (Å²) in [5.74, 6) is 0.201. The number of hydrogen-bond acceptors (Lipinski definition) is 6. The van der Waals surface area contributed by atoms with Crippen molar-refractivity contribution in [3.63, 3.8) is 0 Å². The standard InChI is InChI=1S/C19H14F3N3O3S/c20-19(21,22)10-28-16-4-2-13(8-23-16)17(26)25-18-24-14(9-29-18)11-1-3-15-12(7-11)5-6-27-15/h1-4,7-9H,5-6,10H2,(H,24,25,26). The van der Waals surface area contributed by atoms with E-state index in [-0.39, 0.29) is 11.4 Å². The van der Waals surface area contributed by atoms with E-state index in [0.717, 1.165) is 35.2 Å². The number of pyridine rings is 1. The molecule has 0 saturated heterocycles. The van der Waals surface area contributed by atoms with Gasteiger partial charge < -0.3 is 9.47 Å². The minimum Gasteiger partial charge on any atom is -0.493 e. The third-order valence-electron chi connectivity index (χ3n) is 4.09. The van der Waals surface area contributed by atoms with Crippen LogP contribution in [0.4, 0.5) is 18.3 Å². The highest BCUT2D eigenvalue weighted by atomic mass is 32.1. The molecule has 0 spiro atoms. The van der Waals surface area contributed by atoms with Gasteiger partial charge in [-0.3, -0.25) is 10.1 Å². The number of alkyl halides is 3. The Labute approximate surface area is 167 Å². The predicted octanol–water partition coefficient (Wildman–Crippen LogP) is 4.33. The number of benzene rings is 1. The molecule has 0 aliphatic carbocycles. The van der Waals surface area contributed by atoms with E-state index < -0.39 is 18.7 Å². The maximum atomic E-state index is 12.3. The van der Waals surface area contributed by atoms with Gasteiger partial charge in [0.2, 0.25) is 5.88 Å².